The van der Waals surface area contributed by atoms with Gasteiger partial charge < -0.3 is 4.74 Å². The summed E-state index contributed by atoms with van der Waals surface area (Å²) in [6.07, 6.45) is 0. The maximum Gasteiger partial charge on any atom is 0.173 e. The van der Waals surface area contributed by atoms with Crippen LogP contribution < -0.4 is 4.74 Å². The van der Waals surface area contributed by atoms with Gasteiger partial charge in [-0.1, -0.05) is 15.9 Å². The number of thioether (sulfide) groups is 1. The SMILES string of the molecule is COc1cc(C)c(C(=O)CSc2ccc(Br)cc2)cc1C. The molecule has 2 aromatic rings. The molecule has 21 heavy (non-hydrogen) atoms. The number of halogens is 1. The lowest BCUT2D eigenvalue weighted by Gasteiger charge is -2.10. The summed E-state index contributed by atoms with van der Waals surface area (Å²) in [5, 5.41) is 0. The zero-order valence-electron chi connectivity index (χ0n) is 12.3. The second-order valence-electron chi connectivity index (χ2n) is 4.80. The van der Waals surface area contributed by atoms with E-state index in [1.807, 2.05) is 50.2 Å². The van der Waals surface area contributed by atoms with Crippen molar-refractivity contribution in [3.8, 4) is 5.75 Å². The highest BCUT2D eigenvalue weighted by Crippen LogP contribution is 2.25. The Morgan fingerprint density at radius 1 is 1.14 bits per heavy atom. The van der Waals surface area contributed by atoms with E-state index in [-0.39, 0.29) is 5.78 Å². The number of aryl methyl sites for hydroxylation is 2. The quantitative estimate of drug-likeness (QED) is 0.548. The molecular formula is C17H17BrO2S. The fourth-order valence-electron chi connectivity index (χ4n) is 2.07. The Kier molecular flexibility index (Phi) is 5.48. The third-order valence-electron chi connectivity index (χ3n) is 3.23. The van der Waals surface area contributed by atoms with E-state index in [0.717, 1.165) is 31.8 Å². The topological polar surface area (TPSA) is 26.3 Å². The van der Waals surface area contributed by atoms with Crippen LogP contribution in [0.1, 0.15) is 21.5 Å². The van der Waals surface area contributed by atoms with Gasteiger partial charge in [-0.05, 0) is 61.4 Å². The van der Waals surface area contributed by atoms with Crippen molar-refractivity contribution in [3.63, 3.8) is 0 Å². The van der Waals surface area contributed by atoms with Crippen LogP contribution in [0, 0.1) is 13.8 Å². The van der Waals surface area contributed by atoms with Gasteiger partial charge in [-0.25, -0.2) is 0 Å². The third-order valence-corrected chi connectivity index (χ3v) is 4.77. The van der Waals surface area contributed by atoms with Gasteiger partial charge in [-0.15, -0.1) is 11.8 Å². The zero-order chi connectivity index (χ0) is 15.4. The van der Waals surface area contributed by atoms with E-state index in [1.54, 1.807) is 18.9 Å². The van der Waals surface area contributed by atoms with E-state index >= 15 is 0 Å². The number of ketones is 1. The average molecular weight is 365 g/mol. The number of hydrogen-bond donors (Lipinski definition) is 0. The van der Waals surface area contributed by atoms with Crippen molar-refractivity contribution in [1.82, 2.24) is 0 Å². The van der Waals surface area contributed by atoms with Crippen LogP contribution in [0.3, 0.4) is 0 Å². The van der Waals surface area contributed by atoms with Crippen molar-refractivity contribution < 1.29 is 9.53 Å². The monoisotopic (exact) mass is 364 g/mol. The predicted octanol–water partition coefficient (Wildman–Crippen LogP) is 5.05. The van der Waals surface area contributed by atoms with Crippen molar-refractivity contribution in [2.75, 3.05) is 12.9 Å². The number of benzene rings is 2. The largest absolute Gasteiger partial charge is 0.496 e. The smallest absolute Gasteiger partial charge is 0.173 e. The van der Waals surface area contributed by atoms with Crippen LogP contribution in [0.25, 0.3) is 0 Å². The molecule has 0 amide bonds. The molecule has 0 radical (unpaired) electrons. The molecule has 2 nitrogen and oxygen atoms in total. The van der Waals surface area contributed by atoms with Crippen molar-refractivity contribution in [1.29, 1.82) is 0 Å². The van der Waals surface area contributed by atoms with Crippen molar-refractivity contribution >= 4 is 33.5 Å². The molecule has 2 rings (SSSR count). The number of Topliss-reactive ketones (excluding diaryl/α,β-unsaturated/α-hetero) is 1. The van der Waals surface area contributed by atoms with Crippen LogP contribution in [0.5, 0.6) is 5.75 Å². The fraction of sp³-hybridized carbons (Fsp3) is 0.235. The van der Waals surface area contributed by atoms with Gasteiger partial charge in [-0.2, -0.15) is 0 Å². The lowest BCUT2D eigenvalue weighted by atomic mass is 10.0. The molecule has 0 saturated carbocycles. The Morgan fingerprint density at radius 2 is 1.81 bits per heavy atom. The van der Waals surface area contributed by atoms with E-state index < -0.39 is 0 Å². The first-order valence-corrected chi connectivity index (χ1v) is 8.36. The highest BCUT2D eigenvalue weighted by atomic mass is 79.9. The van der Waals surface area contributed by atoms with Crippen molar-refractivity contribution in [3.05, 3.63) is 57.6 Å². The molecule has 0 unspecified atom stereocenters. The first-order chi connectivity index (χ1) is 10.0. The van der Waals surface area contributed by atoms with Crippen LogP contribution >= 0.6 is 27.7 Å². The summed E-state index contributed by atoms with van der Waals surface area (Å²) in [7, 11) is 1.65. The van der Waals surface area contributed by atoms with E-state index in [0.29, 0.717) is 5.75 Å². The van der Waals surface area contributed by atoms with E-state index in [4.69, 9.17) is 4.74 Å². The Labute approximate surface area is 138 Å². The minimum Gasteiger partial charge on any atom is -0.496 e. The summed E-state index contributed by atoms with van der Waals surface area (Å²) in [5.74, 6) is 1.41. The molecule has 0 aliphatic rings. The molecule has 0 heterocycles. The normalized spacial score (nSPS) is 10.5. The minimum atomic E-state index is 0.145. The second-order valence-corrected chi connectivity index (χ2v) is 6.77. The van der Waals surface area contributed by atoms with Gasteiger partial charge in [0.15, 0.2) is 5.78 Å². The first-order valence-electron chi connectivity index (χ1n) is 6.58. The molecule has 0 atom stereocenters. The standard InChI is InChI=1S/C17H17BrO2S/c1-11-9-17(20-3)12(2)8-15(11)16(19)10-21-14-6-4-13(18)5-7-14/h4-9H,10H2,1-3H3. The van der Waals surface area contributed by atoms with Gasteiger partial charge in [-0.3, -0.25) is 4.79 Å². The second kappa shape index (κ2) is 7.14. The summed E-state index contributed by atoms with van der Waals surface area (Å²) in [4.78, 5) is 13.5. The van der Waals surface area contributed by atoms with E-state index in [2.05, 4.69) is 15.9 Å². The third kappa shape index (κ3) is 4.11. The Morgan fingerprint density at radius 3 is 2.43 bits per heavy atom. The molecule has 0 N–H and O–H groups in total. The molecule has 0 spiro atoms. The van der Waals surface area contributed by atoms with Gasteiger partial charge in [0.2, 0.25) is 0 Å². The van der Waals surface area contributed by atoms with Crippen LogP contribution in [0.2, 0.25) is 0 Å². The molecule has 2 aromatic carbocycles. The van der Waals surface area contributed by atoms with Crippen molar-refractivity contribution in [2.24, 2.45) is 0 Å². The summed E-state index contributed by atoms with van der Waals surface area (Å²) >= 11 is 4.96. The lowest BCUT2D eigenvalue weighted by Crippen LogP contribution is -2.06. The van der Waals surface area contributed by atoms with Gasteiger partial charge >= 0.3 is 0 Å². The minimum absolute atomic E-state index is 0.145. The summed E-state index contributed by atoms with van der Waals surface area (Å²) in [6, 6.07) is 11.8. The lowest BCUT2D eigenvalue weighted by molar-refractivity contribution is 0.102. The summed E-state index contributed by atoms with van der Waals surface area (Å²) in [5.41, 5.74) is 2.72. The Bertz CT molecular complexity index is 651. The molecule has 0 fully saturated rings. The Hall–Kier alpha value is -1.26. The fourth-order valence-corrected chi connectivity index (χ4v) is 3.11. The van der Waals surface area contributed by atoms with Gasteiger partial charge in [0, 0.05) is 14.9 Å². The highest BCUT2D eigenvalue weighted by molar-refractivity contribution is 9.10. The maximum atomic E-state index is 12.4. The van der Waals surface area contributed by atoms with E-state index in [9.17, 15) is 4.79 Å². The summed E-state index contributed by atoms with van der Waals surface area (Å²) in [6.45, 7) is 3.90. The van der Waals surface area contributed by atoms with Gasteiger partial charge in [0.1, 0.15) is 5.75 Å². The van der Waals surface area contributed by atoms with E-state index in [1.165, 1.54) is 0 Å². The number of carbonyl (C=O) groups is 1. The molecule has 0 aromatic heterocycles. The van der Waals surface area contributed by atoms with Crippen LogP contribution in [0.15, 0.2) is 45.8 Å². The molecule has 0 aliphatic heterocycles. The Balaban J connectivity index is 2.10. The predicted molar refractivity (Wildman–Crippen MR) is 91.7 cm³/mol. The number of rotatable bonds is 5. The number of carbonyl (C=O) groups excluding carboxylic acids is 1. The van der Waals surface area contributed by atoms with Crippen LogP contribution in [-0.4, -0.2) is 18.6 Å². The molecule has 0 bridgehead atoms. The summed E-state index contributed by atoms with van der Waals surface area (Å²) < 4.78 is 6.32. The molecule has 0 aliphatic carbocycles. The average Bonchev–Trinajstić information content (AvgIpc) is 2.48. The van der Waals surface area contributed by atoms with Crippen molar-refractivity contribution in [2.45, 2.75) is 18.7 Å². The molecule has 4 heteroatoms. The molecule has 110 valence electrons. The van der Waals surface area contributed by atoms with Crippen LogP contribution in [-0.2, 0) is 0 Å². The van der Waals surface area contributed by atoms with Gasteiger partial charge in [0.05, 0.1) is 12.9 Å². The van der Waals surface area contributed by atoms with Gasteiger partial charge in [0.25, 0.3) is 0 Å². The first kappa shape index (κ1) is 16.1. The maximum absolute atomic E-state index is 12.4. The zero-order valence-corrected chi connectivity index (χ0v) is 14.7. The number of hydrogen-bond acceptors (Lipinski definition) is 3. The van der Waals surface area contributed by atoms with Crippen LogP contribution in [0.4, 0.5) is 0 Å². The highest BCUT2D eigenvalue weighted by Gasteiger charge is 2.12. The molecular weight excluding hydrogens is 348 g/mol. The number of methoxy groups -OCH3 is 1. The number of ether oxygens (including phenoxy) is 1. The molecule has 0 saturated heterocycles.